The summed E-state index contributed by atoms with van der Waals surface area (Å²) in [5, 5.41) is 0. The van der Waals surface area contributed by atoms with Crippen LogP contribution in [0.4, 0.5) is 0 Å². The van der Waals surface area contributed by atoms with Gasteiger partial charge in [-0.2, -0.15) is 0 Å². The van der Waals surface area contributed by atoms with Gasteiger partial charge in [-0.1, -0.05) is 36.4 Å². The van der Waals surface area contributed by atoms with Crippen molar-refractivity contribution in [3.8, 4) is 11.5 Å². The number of aromatic nitrogens is 1. The van der Waals surface area contributed by atoms with Crippen LogP contribution in [-0.2, 0) is 24.8 Å². The van der Waals surface area contributed by atoms with E-state index >= 15 is 0 Å². The van der Waals surface area contributed by atoms with Crippen LogP contribution in [0.15, 0.2) is 42.5 Å². The zero-order valence-electron chi connectivity index (χ0n) is 23.0. The van der Waals surface area contributed by atoms with Gasteiger partial charge in [-0.05, 0) is 87.9 Å². The monoisotopic (exact) mass is 511 g/mol. The van der Waals surface area contributed by atoms with Crippen LogP contribution in [0.3, 0.4) is 0 Å². The largest absolute Gasteiger partial charge is 0.493 e. The van der Waals surface area contributed by atoms with Crippen LogP contribution >= 0.6 is 0 Å². The van der Waals surface area contributed by atoms with Crippen molar-refractivity contribution in [1.29, 1.82) is 0 Å². The van der Waals surface area contributed by atoms with Crippen molar-refractivity contribution in [3.05, 3.63) is 81.7 Å². The van der Waals surface area contributed by atoms with Crippen molar-refractivity contribution in [2.75, 3.05) is 20.7 Å². The van der Waals surface area contributed by atoms with Gasteiger partial charge in [0.25, 0.3) is 5.91 Å². The molecule has 4 atom stereocenters. The topological polar surface area (TPSA) is 57.8 Å². The van der Waals surface area contributed by atoms with Crippen molar-refractivity contribution in [3.63, 3.8) is 0 Å². The lowest BCUT2D eigenvalue weighted by Gasteiger charge is -2.57. The Labute approximate surface area is 224 Å². The molecule has 1 amide bonds. The Bertz CT molecular complexity index is 1430. The number of hydrogen-bond donors (Lipinski definition) is 1. The first-order valence-corrected chi connectivity index (χ1v) is 14.0. The van der Waals surface area contributed by atoms with E-state index in [4.69, 9.17) is 9.47 Å². The van der Waals surface area contributed by atoms with E-state index in [0.29, 0.717) is 24.2 Å². The van der Waals surface area contributed by atoms with Gasteiger partial charge in [-0.3, -0.25) is 4.79 Å². The molecule has 1 spiro atoms. The molecule has 3 heterocycles. The zero-order valence-corrected chi connectivity index (χ0v) is 23.0. The Morgan fingerprint density at radius 1 is 1.21 bits per heavy atom. The van der Waals surface area contributed by atoms with Crippen molar-refractivity contribution in [1.82, 2.24) is 14.8 Å². The van der Waals surface area contributed by atoms with Gasteiger partial charge in [0.05, 0.1) is 12.8 Å². The third-order valence-electron chi connectivity index (χ3n) is 9.99. The zero-order chi connectivity index (χ0) is 26.3. The number of carbonyl (C=O) groups excluding carboxylic acids is 1. The van der Waals surface area contributed by atoms with Gasteiger partial charge >= 0.3 is 0 Å². The van der Waals surface area contributed by atoms with E-state index in [1.54, 1.807) is 7.11 Å². The Morgan fingerprint density at radius 2 is 2.00 bits per heavy atom. The number of nitrogens with one attached hydrogen (secondary N) is 1. The molecule has 2 aromatic carbocycles. The molecule has 4 unspecified atom stereocenters. The molecular weight excluding hydrogens is 474 g/mol. The summed E-state index contributed by atoms with van der Waals surface area (Å²) in [6, 6.07) is 15.1. The highest BCUT2D eigenvalue weighted by Crippen LogP contribution is 2.67. The minimum Gasteiger partial charge on any atom is -0.493 e. The first kappa shape index (κ1) is 23.8. The average molecular weight is 512 g/mol. The Kier molecular flexibility index (Phi) is 5.25. The van der Waals surface area contributed by atoms with E-state index in [2.05, 4.69) is 62.0 Å². The molecule has 6 nitrogen and oxygen atoms in total. The predicted octanol–water partition coefficient (Wildman–Crippen LogP) is 5.19. The van der Waals surface area contributed by atoms with Crippen LogP contribution in [0.25, 0.3) is 0 Å². The van der Waals surface area contributed by atoms with Crippen LogP contribution in [0.2, 0.25) is 0 Å². The van der Waals surface area contributed by atoms with Crippen LogP contribution < -0.4 is 9.47 Å². The van der Waals surface area contributed by atoms with E-state index < -0.39 is 0 Å². The fraction of sp³-hybridized carbons (Fsp3) is 0.469. The molecule has 2 bridgehead atoms. The lowest BCUT2D eigenvalue weighted by molar-refractivity contribution is -0.0256. The minimum absolute atomic E-state index is 0.0603. The number of nitrogens with zero attached hydrogens (tertiary/aromatic N) is 2. The molecule has 0 saturated carbocycles. The van der Waals surface area contributed by atoms with Gasteiger partial charge in [-0.25, -0.2) is 0 Å². The molecule has 7 rings (SSSR count). The number of H-pyrrole nitrogens is 1. The maximum Gasteiger partial charge on any atom is 0.271 e. The third kappa shape index (κ3) is 3.07. The fourth-order valence-electron chi connectivity index (χ4n) is 8.06. The summed E-state index contributed by atoms with van der Waals surface area (Å²) in [5.74, 6) is 2.25. The second-order valence-electron chi connectivity index (χ2n) is 12.0. The molecular formula is C32H37N3O3. The number of carbonyl (C=O) groups is 1. The lowest BCUT2D eigenvalue weighted by Crippen LogP contribution is -2.62. The van der Waals surface area contributed by atoms with Crippen molar-refractivity contribution < 1.29 is 14.3 Å². The molecule has 1 N–H and O–H groups in total. The van der Waals surface area contributed by atoms with Crippen molar-refractivity contribution in [2.24, 2.45) is 5.92 Å². The van der Waals surface area contributed by atoms with E-state index in [-0.39, 0.29) is 23.5 Å². The number of fused-ring (bicyclic) bond motifs is 2. The first-order valence-electron chi connectivity index (χ1n) is 14.0. The number of aromatic amines is 1. The van der Waals surface area contributed by atoms with Crippen molar-refractivity contribution in [2.45, 2.75) is 70.2 Å². The SMILES string of the molecule is COc1ccc2c3c1OC1c4[nH]c(C(=O)N(Cc5ccccc5)C(C)C)c(C)c4CC4C(C2)N(C)CCC314. The summed E-state index contributed by atoms with van der Waals surface area (Å²) in [6.45, 7) is 7.95. The highest BCUT2D eigenvalue weighted by molar-refractivity contribution is 5.95. The van der Waals surface area contributed by atoms with Gasteiger partial charge in [-0.15, -0.1) is 0 Å². The smallest absolute Gasteiger partial charge is 0.271 e. The average Bonchev–Trinajstić information content (AvgIpc) is 3.44. The summed E-state index contributed by atoms with van der Waals surface area (Å²) >= 11 is 0. The number of hydrogen-bond acceptors (Lipinski definition) is 4. The molecule has 1 fully saturated rings. The summed E-state index contributed by atoms with van der Waals surface area (Å²) in [4.78, 5) is 22.3. The Hall–Kier alpha value is -3.25. The first-order chi connectivity index (χ1) is 18.3. The summed E-state index contributed by atoms with van der Waals surface area (Å²) in [7, 11) is 4.00. The Morgan fingerprint density at radius 3 is 2.74 bits per heavy atom. The number of likely N-dealkylation sites (tertiary alicyclic amines) is 1. The maximum atomic E-state index is 14.1. The Balaban J connectivity index is 1.34. The number of rotatable bonds is 5. The second kappa shape index (κ2) is 8.37. The molecule has 1 saturated heterocycles. The van der Waals surface area contributed by atoms with E-state index in [1.165, 1.54) is 16.7 Å². The normalized spacial score (nSPS) is 26.5. The number of methoxy groups -OCH3 is 1. The summed E-state index contributed by atoms with van der Waals surface area (Å²) in [5.41, 5.74) is 7.99. The van der Waals surface area contributed by atoms with Crippen molar-refractivity contribution >= 4 is 5.91 Å². The number of amides is 1. The number of likely N-dealkylation sites (N-methyl/N-ethyl adjacent to an activating group) is 1. The second-order valence-corrected chi connectivity index (χ2v) is 12.0. The lowest BCUT2D eigenvalue weighted by atomic mass is 9.51. The predicted molar refractivity (Wildman–Crippen MR) is 147 cm³/mol. The molecule has 3 aromatic rings. The molecule has 1 aromatic heterocycles. The molecule has 6 heteroatoms. The summed E-state index contributed by atoms with van der Waals surface area (Å²) in [6.07, 6.45) is 2.93. The molecule has 2 aliphatic carbocycles. The van der Waals surface area contributed by atoms with Crippen LogP contribution in [-0.4, -0.2) is 53.5 Å². The van der Waals surface area contributed by atoms with Crippen LogP contribution in [0.1, 0.15) is 70.4 Å². The van der Waals surface area contributed by atoms with Gasteiger partial charge in [0.15, 0.2) is 11.5 Å². The standard InChI is InChI=1S/C32H37N3O3/c1-18(2)35(17-20-9-7-6-8-10-20)31(36)27-19(3)22-16-23-24-15-21-11-12-25(37-5)29-26(21)32(23,13-14-34(24)4)30(38-29)28(22)33-27/h6-12,18,23-24,30,33H,13-17H2,1-5H3. The van der Waals surface area contributed by atoms with E-state index in [0.717, 1.165) is 54.1 Å². The quantitative estimate of drug-likeness (QED) is 0.513. The van der Waals surface area contributed by atoms with Gasteiger partial charge < -0.3 is 24.3 Å². The van der Waals surface area contributed by atoms with Gasteiger partial charge in [0.1, 0.15) is 11.8 Å². The number of ether oxygens (including phenoxy) is 2. The van der Waals surface area contributed by atoms with Gasteiger partial charge in [0, 0.05) is 29.6 Å². The number of piperidine rings is 1. The molecule has 0 radical (unpaired) electrons. The third-order valence-corrected chi connectivity index (χ3v) is 9.99. The van der Waals surface area contributed by atoms with Gasteiger partial charge in [0.2, 0.25) is 0 Å². The van der Waals surface area contributed by atoms with Crippen LogP contribution in [0, 0.1) is 12.8 Å². The fourth-order valence-corrected chi connectivity index (χ4v) is 8.06. The number of benzene rings is 2. The highest BCUT2D eigenvalue weighted by atomic mass is 16.5. The van der Waals surface area contributed by atoms with E-state index in [9.17, 15) is 4.79 Å². The molecule has 2 aliphatic heterocycles. The molecule has 38 heavy (non-hydrogen) atoms. The summed E-state index contributed by atoms with van der Waals surface area (Å²) < 4.78 is 12.7. The maximum absolute atomic E-state index is 14.1. The highest BCUT2D eigenvalue weighted by Gasteiger charge is 2.65. The van der Waals surface area contributed by atoms with Crippen LogP contribution in [0.5, 0.6) is 11.5 Å². The van der Waals surface area contributed by atoms with E-state index in [1.807, 2.05) is 23.1 Å². The molecule has 4 aliphatic rings. The molecule has 198 valence electrons. The minimum atomic E-state index is -0.125.